The number of imidazole rings is 1. The Morgan fingerprint density at radius 2 is 1.91 bits per heavy atom. The number of aliphatic hydroxyl groups excluding tert-OH is 1. The fourth-order valence-electron chi connectivity index (χ4n) is 2.87. The van der Waals surface area contributed by atoms with Crippen molar-refractivity contribution in [2.45, 2.75) is 33.2 Å². The minimum Gasteiger partial charge on any atom is -0.396 e. The molecule has 0 saturated carbocycles. The lowest BCUT2D eigenvalue weighted by molar-refractivity contribution is 0.287. The van der Waals surface area contributed by atoms with Crippen molar-refractivity contribution in [1.82, 2.24) is 9.55 Å². The first-order chi connectivity index (χ1) is 10.7. The van der Waals surface area contributed by atoms with Gasteiger partial charge in [-0.25, -0.2) is 4.98 Å². The molecule has 3 aromatic rings. The molecule has 0 bridgehead atoms. The fourth-order valence-corrected chi connectivity index (χ4v) is 2.87. The van der Waals surface area contributed by atoms with E-state index in [4.69, 9.17) is 10.1 Å². The van der Waals surface area contributed by atoms with Crippen LogP contribution >= 0.6 is 0 Å². The van der Waals surface area contributed by atoms with Crippen LogP contribution in [-0.4, -0.2) is 21.3 Å². The molecule has 1 heterocycles. The molecule has 0 atom stereocenters. The molecule has 0 aliphatic rings. The number of nitrogens with zero attached hydrogens (tertiary/aromatic N) is 2. The van der Waals surface area contributed by atoms with E-state index in [9.17, 15) is 0 Å². The van der Waals surface area contributed by atoms with Crippen LogP contribution in [0.15, 0.2) is 42.5 Å². The van der Waals surface area contributed by atoms with Crippen molar-refractivity contribution in [3.05, 3.63) is 65.0 Å². The molecule has 3 heteroatoms. The largest absolute Gasteiger partial charge is 0.396 e. The number of aryl methyl sites for hydroxylation is 3. The van der Waals surface area contributed by atoms with Crippen LogP contribution in [0.5, 0.6) is 0 Å². The van der Waals surface area contributed by atoms with E-state index >= 15 is 0 Å². The first kappa shape index (κ1) is 14.8. The average Bonchev–Trinajstić information content (AvgIpc) is 2.87. The molecule has 1 N–H and O–H groups in total. The third-order valence-corrected chi connectivity index (χ3v) is 4.13. The van der Waals surface area contributed by atoms with Gasteiger partial charge in [-0.1, -0.05) is 35.9 Å². The van der Waals surface area contributed by atoms with Gasteiger partial charge in [-0.15, -0.1) is 0 Å². The van der Waals surface area contributed by atoms with Gasteiger partial charge in [-0.3, -0.25) is 0 Å². The third kappa shape index (κ3) is 2.90. The lowest BCUT2D eigenvalue weighted by atomic mass is 10.1. The minimum absolute atomic E-state index is 0.201. The van der Waals surface area contributed by atoms with Gasteiger partial charge in [-0.2, -0.15) is 0 Å². The van der Waals surface area contributed by atoms with E-state index in [1.165, 1.54) is 16.7 Å². The van der Waals surface area contributed by atoms with Crippen molar-refractivity contribution in [3.8, 4) is 0 Å². The van der Waals surface area contributed by atoms with Gasteiger partial charge < -0.3 is 9.67 Å². The molecule has 1 aromatic heterocycles. The molecule has 0 aliphatic heterocycles. The lowest BCUT2D eigenvalue weighted by Crippen LogP contribution is -2.07. The van der Waals surface area contributed by atoms with E-state index in [0.29, 0.717) is 0 Å². The fraction of sp³-hybridized carbons (Fsp3) is 0.316. The van der Waals surface area contributed by atoms with Gasteiger partial charge in [0, 0.05) is 19.6 Å². The number of hydrogen-bond donors (Lipinski definition) is 1. The molecule has 0 amide bonds. The van der Waals surface area contributed by atoms with Crippen molar-refractivity contribution in [2.24, 2.45) is 0 Å². The second kappa shape index (κ2) is 6.32. The third-order valence-electron chi connectivity index (χ3n) is 4.13. The van der Waals surface area contributed by atoms with Crippen molar-refractivity contribution in [1.29, 1.82) is 0 Å². The number of fused-ring (bicyclic) bond motifs is 1. The van der Waals surface area contributed by atoms with Crippen LogP contribution < -0.4 is 0 Å². The zero-order chi connectivity index (χ0) is 15.5. The Bertz CT molecular complexity index is 789. The van der Waals surface area contributed by atoms with Crippen LogP contribution in [0.3, 0.4) is 0 Å². The van der Waals surface area contributed by atoms with Crippen molar-refractivity contribution in [2.75, 3.05) is 6.61 Å². The highest BCUT2D eigenvalue weighted by Gasteiger charge is 2.11. The summed E-state index contributed by atoms with van der Waals surface area (Å²) in [6.07, 6.45) is 1.55. The SMILES string of the molecule is Cc1ccc(C)c(Cn2c(CCCO)nc3ccccc32)c1. The Labute approximate surface area is 131 Å². The van der Waals surface area contributed by atoms with Crippen molar-refractivity contribution < 1.29 is 5.11 Å². The van der Waals surface area contributed by atoms with Gasteiger partial charge >= 0.3 is 0 Å². The first-order valence-electron chi connectivity index (χ1n) is 7.80. The normalized spacial score (nSPS) is 11.2. The van der Waals surface area contributed by atoms with E-state index in [0.717, 1.165) is 36.2 Å². The highest BCUT2D eigenvalue weighted by atomic mass is 16.2. The van der Waals surface area contributed by atoms with Crippen LogP contribution in [-0.2, 0) is 13.0 Å². The molecule has 3 nitrogen and oxygen atoms in total. The van der Waals surface area contributed by atoms with E-state index in [1.54, 1.807) is 0 Å². The smallest absolute Gasteiger partial charge is 0.110 e. The summed E-state index contributed by atoms with van der Waals surface area (Å²) < 4.78 is 2.28. The topological polar surface area (TPSA) is 38.0 Å². The summed E-state index contributed by atoms with van der Waals surface area (Å²) in [5, 5.41) is 9.13. The Hall–Kier alpha value is -2.13. The first-order valence-corrected chi connectivity index (χ1v) is 7.80. The summed E-state index contributed by atoms with van der Waals surface area (Å²) in [5.41, 5.74) is 6.10. The van der Waals surface area contributed by atoms with Crippen LogP contribution in [0.4, 0.5) is 0 Å². The molecule has 0 spiro atoms. The zero-order valence-electron chi connectivity index (χ0n) is 13.2. The number of benzene rings is 2. The minimum atomic E-state index is 0.201. The standard InChI is InChI=1S/C19H22N2O/c1-14-9-10-15(2)16(12-14)13-21-18-7-4-3-6-17(18)20-19(21)8-5-11-22/h3-4,6-7,9-10,12,22H,5,8,11,13H2,1-2H3. The van der Waals surface area contributed by atoms with E-state index < -0.39 is 0 Å². The van der Waals surface area contributed by atoms with Gasteiger partial charge in [0.1, 0.15) is 5.82 Å². The molecule has 114 valence electrons. The quantitative estimate of drug-likeness (QED) is 0.780. The summed E-state index contributed by atoms with van der Waals surface area (Å²) >= 11 is 0. The lowest BCUT2D eigenvalue weighted by Gasteiger charge is -2.12. The Kier molecular flexibility index (Phi) is 4.25. The maximum Gasteiger partial charge on any atom is 0.110 e. The zero-order valence-corrected chi connectivity index (χ0v) is 13.2. The predicted molar refractivity (Wildman–Crippen MR) is 90.2 cm³/mol. The van der Waals surface area contributed by atoms with Crippen molar-refractivity contribution >= 4 is 11.0 Å². The highest BCUT2D eigenvalue weighted by Crippen LogP contribution is 2.21. The van der Waals surface area contributed by atoms with Gasteiger partial charge in [0.15, 0.2) is 0 Å². The van der Waals surface area contributed by atoms with Gasteiger partial charge in [0.05, 0.1) is 11.0 Å². The molecular formula is C19H22N2O. The number of aromatic nitrogens is 2. The van der Waals surface area contributed by atoms with E-state index in [2.05, 4.69) is 54.8 Å². The number of rotatable bonds is 5. The van der Waals surface area contributed by atoms with Gasteiger partial charge in [-0.05, 0) is 43.5 Å². The second-order valence-electron chi connectivity index (χ2n) is 5.86. The molecule has 0 fully saturated rings. The Morgan fingerprint density at radius 1 is 1.09 bits per heavy atom. The summed E-state index contributed by atoms with van der Waals surface area (Å²) in [6.45, 7) is 5.31. The molecule has 0 unspecified atom stereocenters. The molecule has 0 radical (unpaired) electrons. The van der Waals surface area contributed by atoms with Gasteiger partial charge in [0.2, 0.25) is 0 Å². The van der Waals surface area contributed by atoms with Crippen LogP contribution in [0.25, 0.3) is 11.0 Å². The van der Waals surface area contributed by atoms with Crippen LogP contribution in [0.1, 0.15) is 28.9 Å². The Morgan fingerprint density at radius 3 is 2.73 bits per heavy atom. The second-order valence-corrected chi connectivity index (χ2v) is 5.86. The monoisotopic (exact) mass is 294 g/mol. The molecule has 0 saturated heterocycles. The van der Waals surface area contributed by atoms with Gasteiger partial charge in [0.25, 0.3) is 0 Å². The summed E-state index contributed by atoms with van der Waals surface area (Å²) in [7, 11) is 0. The number of para-hydroxylation sites is 2. The molecule has 22 heavy (non-hydrogen) atoms. The highest BCUT2D eigenvalue weighted by molar-refractivity contribution is 5.76. The average molecular weight is 294 g/mol. The summed E-state index contributed by atoms with van der Waals surface area (Å²) in [4.78, 5) is 4.75. The number of aliphatic hydroxyl groups is 1. The van der Waals surface area contributed by atoms with Crippen molar-refractivity contribution in [3.63, 3.8) is 0 Å². The Balaban J connectivity index is 2.05. The summed E-state index contributed by atoms with van der Waals surface area (Å²) in [6, 6.07) is 14.8. The molecular weight excluding hydrogens is 272 g/mol. The molecule has 0 aliphatic carbocycles. The van der Waals surface area contributed by atoms with E-state index in [1.807, 2.05) is 6.07 Å². The predicted octanol–water partition coefficient (Wildman–Crippen LogP) is 3.63. The number of hydrogen-bond acceptors (Lipinski definition) is 2. The maximum absolute atomic E-state index is 9.13. The molecule has 3 rings (SSSR count). The van der Waals surface area contributed by atoms with Crippen LogP contribution in [0.2, 0.25) is 0 Å². The van der Waals surface area contributed by atoms with Crippen LogP contribution in [0, 0.1) is 13.8 Å². The summed E-state index contributed by atoms with van der Waals surface area (Å²) in [5.74, 6) is 1.05. The maximum atomic E-state index is 9.13. The molecule has 2 aromatic carbocycles. The van der Waals surface area contributed by atoms with E-state index in [-0.39, 0.29) is 6.61 Å².